The molecule has 0 aliphatic carbocycles. The summed E-state index contributed by atoms with van der Waals surface area (Å²) in [5.41, 5.74) is 4.29. The molecule has 3 nitrogen and oxygen atoms in total. The fraction of sp³-hybridized carbons (Fsp3) is 0.111. The van der Waals surface area contributed by atoms with Gasteiger partial charge >= 0.3 is 0 Å². The van der Waals surface area contributed by atoms with E-state index in [-0.39, 0.29) is 12.1 Å². The number of halogens is 2. The molecule has 0 aliphatic rings. The molecule has 0 aliphatic heterocycles. The van der Waals surface area contributed by atoms with Gasteiger partial charge < -0.3 is 15.4 Å². The Hall–Kier alpha value is -2.95. The van der Waals surface area contributed by atoms with Crippen LogP contribution in [-0.2, 0) is 0 Å². The first-order chi connectivity index (χ1) is 15.6. The first-order valence-corrected chi connectivity index (χ1v) is 11.5. The number of hydrogen-bond donors (Lipinski definition) is 2. The molecule has 4 aromatic carbocycles. The van der Waals surface area contributed by atoms with Crippen molar-refractivity contribution in [3.63, 3.8) is 0 Å². The molecule has 4 aromatic rings. The Morgan fingerprint density at radius 1 is 0.688 bits per heavy atom. The highest BCUT2D eigenvalue weighted by Gasteiger charge is 2.25. The summed E-state index contributed by atoms with van der Waals surface area (Å²) < 4.78 is 6.36. The van der Waals surface area contributed by atoms with E-state index in [0.717, 1.165) is 27.2 Å². The summed E-state index contributed by atoms with van der Waals surface area (Å²) in [6.07, 6.45) is 0. The van der Waals surface area contributed by atoms with Crippen molar-refractivity contribution in [1.29, 1.82) is 0 Å². The Morgan fingerprint density at radius 2 is 1.25 bits per heavy atom. The summed E-state index contributed by atoms with van der Waals surface area (Å²) in [5, 5.41) is 8.16. The minimum Gasteiger partial charge on any atom is -0.497 e. The zero-order chi connectivity index (χ0) is 22.3. The van der Waals surface area contributed by atoms with Crippen LogP contribution < -0.4 is 15.4 Å². The average molecular weight is 508 g/mol. The third kappa shape index (κ3) is 5.64. The Kier molecular flexibility index (Phi) is 7.35. The van der Waals surface area contributed by atoms with E-state index in [9.17, 15) is 0 Å². The van der Waals surface area contributed by atoms with Crippen LogP contribution >= 0.6 is 27.5 Å². The van der Waals surface area contributed by atoms with Gasteiger partial charge in [0.15, 0.2) is 0 Å². The van der Waals surface area contributed by atoms with Crippen molar-refractivity contribution >= 4 is 38.9 Å². The molecule has 0 heterocycles. The largest absolute Gasteiger partial charge is 0.497 e. The van der Waals surface area contributed by atoms with Crippen LogP contribution in [0.15, 0.2) is 108 Å². The van der Waals surface area contributed by atoms with Crippen LogP contribution in [0.3, 0.4) is 0 Å². The van der Waals surface area contributed by atoms with Gasteiger partial charge in [0.25, 0.3) is 0 Å². The SMILES string of the molecule is COc1ccc(N[C@H](c2cccc(Cl)c2)[C@H](Nc2ccc(Br)cc2)c2ccccc2)cc1. The number of benzene rings is 4. The molecule has 0 saturated carbocycles. The lowest BCUT2D eigenvalue weighted by Gasteiger charge is -2.31. The van der Waals surface area contributed by atoms with Gasteiger partial charge in [-0.2, -0.15) is 0 Å². The highest BCUT2D eigenvalue weighted by atomic mass is 79.9. The third-order valence-corrected chi connectivity index (χ3v) is 6.04. The van der Waals surface area contributed by atoms with Gasteiger partial charge in [-0.05, 0) is 71.8 Å². The molecule has 0 spiro atoms. The number of ether oxygens (including phenoxy) is 1. The van der Waals surface area contributed by atoms with Crippen molar-refractivity contribution in [1.82, 2.24) is 0 Å². The third-order valence-electron chi connectivity index (χ3n) is 5.28. The maximum absolute atomic E-state index is 6.39. The molecule has 0 unspecified atom stereocenters. The Morgan fingerprint density at radius 3 is 1.84 bits per heavy atom. The van der Waals surface area contributed by atoms with Gasteiger partial charge in [-0.25, -0.2) is 0 Å². The van der Waals surface area contributed by atoms with Crippen LogP contribution in [0.1, 0.15) is 23.2 Å². The van der Waals surface area contributed by atoms with Gasteiger partial charge in [-0.3, -0.25) is 0 Å². The minimum absolute atomic E-state index is 0.0575. The molecule has 0 bridgehead atoms. The summed E-state index contributed by atoms with van der Waals surface area (Å²) in [6.45, 7) is 0. The smallest absolute Gasteiger partial charge is 0.119 e. The number of nitrogens with one attached hydrogen (secondary N) is 2. The molecule has 2 atom stereocenters. The Balaban J connectivity index is 1.76. The Bertz CT molecular complexity index is 1130. The highest BCUT2D eigenvalue weighted by molar-refractivity contribution is 9.10. The zero-order valence-electron chi connectivity index (χ0n) is 17.6. The van der Waals surface area contributed by atoms with E-state index in [0.29, 0.717) is 5.02 Å². The summed E-state index contributed by atoms with van der Waals surface area (Å²) >= 11 is 9.91. The second-order valence-electron chi connectivity index (χ2n) is 7.45. The second-order valence-corrected chi connectivity index (χ2v) is 8.80. The summed E-state index contributed by atoms with van der Waals surface area (Å²) in [4.78, 5) is 0. The lowest BCUT2D eigenvalue weighted by Crippen LogP contribution is -2.25. The highest BCUT2D eigenvalue weighted by Crippen LogP contribution is 2.36. The number of rotatable bonds is 8. The molecular formula is C27H24BrClN2O. The van der Waals surface area contributed by atoms with E-state index in [1.54, 1.807) is 7.11 Å². The van der Waals surface area contributed by atoms with E-state index in [1.807, 2.05) is 60.7 Å². The predicted octanol–water partition coefficient (Wildman–Crippen LogP) is 8.12. The number of anilines is 2. The summed E-state index contributed by atoms with van der Waals surface area (Å²) in [7, 11) is 1.67. The molecule has 32 heavy (non-hydrogen) atoms. The van der Waals surface area contributed by atoms with E-state index in [2.05, 4.69) is 69.0 Å². The van der Waals surface area contributed by atoms with Crippen molar-refractivity contribution in [2.45, 2.75) is 12.1 Å². The van der Waals surface area contributed by atoms with Gasteiger partial charge in [0, 0.05) is 20.9 Å². The van der Waals surface area contributed by atoms with Crippen molar-refractivity contribution in [2.24, 2.45) is 0 Å². The van der Waals surface area contributed by atoms with Gasteiger partial charge in [-0.1, -0.05) is 70.0 Å². The van der Waals surface area contributed by atoms with Crippen LogP contribution in [0, 0.1) is 0 Å². The van der Waals surface area contributed by atoms with Crippen LogP contribution in [-0.4, -0.2) is 7.11 Å². The number of hydrogen-bond acceptors (Lipinski definition) is 3. The van der Waals surface area contributed by atoms with Crippen LogP contribution in [0.4, 0.5) is 11.4 Å². The van der Waals surface area contributed by atoms with Gasteiger partial charge in [0.2, 0.25) is 0 Å². The molecule has 162 valence electrons. The maximum atomic E-state index is 6.39. The molecule has 0 aromatic heterocycles. The monoisotopic (exact) mass is 506 g/mol. The maximum Gasteiger partial charge on any atom is 0.119 e. The molecule has 2 N–H and O–H groups in total. The van der Waals surface area contributed by atoms with E-state index >= 15 is 0 Å². The van der Waals surface area contributed by atoms with Gasteiger partial charge in [0.1, 0.15) is 5.75 Å². The Labute approximate surface area is 202 Å². The van der Waals surface area contributed by atoms with Crippen LogP contribution in [0.2, 0.25) is 5.02 Å². The summed E-state index contributed by atoms with van der Waals surface area (Å²) in [6, 6.07) is 34.5. The average Bonchev–Trinajstić information content (AvgIpc) is 2.83. The molecule has 0 fully saturated rings. The topological polar surface area (TPSA) is 33.3 Å². The first kappa shape index (κ1) is 22.3. The van der Waals surface area contributed by atoms with E-state index in [1.165, 1.54) is 5.56 Å². The van der Waals surface area contributed by atoms with Crippen molar-refractivity contribution in [2.75, 3.05) is 17.7 Å². The quantitative estimate of drug-likeness (QED) is 0.253. The summed E-state index contributed by atoms with van der Waals surface area (Å²) in [5.74, 6) is 0.822. The number of methoxy groups -OCH3 is 1. The van der Waals surface area contributed by atoms with Gasteiger partial charge in [0.05, 0.1) is 19.2 Å². The molecular weight excluding hydrogens is 484 g/mol. The fourth-order valence-electron chi connectivity index (χ4n) is 3.67. The van der Waals surface area contributed by atoms with Crippen molar-refractivity contribution in [3.8, 4) is 5.75 Å². The molecule has 0 amide bonds. The lowest BCUT2D eigenvalue weighted by molar-refractivity contribution is 0.415. The normalized spacial score (nSPS) is 12.6. The standard InChI is InChI=1S/C27H24BrClN2O/c1-32-25-16-14-24(15-17-25)31-27(20-8-5-9-22(29)18-20)26(19-6-3-2-4-7-19)30-23-12-10-21(28)11-13-23/h2-18,26-27,30-31H,1H3/t26-,27-/m1/s1. The lowest BCUT2D eigenvalue weighted by atomic mass is 9.92. The zero-order valence-corrected chi connectivity index (χ0v) is 20.0. The molecule has 0 radical (unpaired) electrons. The molecule has 4 rings (SSSR count). The van der Waals surface area contributed by atoms with Crippen LogP contribution in [0.25, 0.3) is 0 Å². The van der Waals surface area contributed by atoms with Gasteiger partial charge in [-0.15, -0.1) is 0 Å². The van der Waals surface area contributed by atoms with Crippen molar-refractivity contribution < 1.29 is 4.74 Å². The van der Waals surface area contributed by atoms with E-state index < -0.39 is 0 Å². The first-order valence-electron chi connectivity index (χ1n) is 10.4. The predicted molar refractivity (Wildman–Crippen MR) is 138 cm³/mol. The van der Waals surface area contributed by atoms with Crippen LogP contribution in [0.5, 0.6) is 5.75 Å². The fourth-order valence-corrected chi connectivity index (χ4v) is 4.13. The van der Waals surface area contributed by atoms with E-state index in [4.69, 9.17) is 16.3 Å². The molecule has 0 saturated heterocycles. The molecule has 5 heteroatoms. The minimum atomic E-state index is -0.0897. The van der Waals surface area contributed by atoms with Crippen molar-refractivity contribution in [3.05, 3.63) is 124 Å². The second kappa shape index (κ2) is 10.6.